The van der Waals surface area contributed by atoms with Gasteiger partial charge in [0.2, 0.25) is 0 Å². The molecule has 0 aliphatic carbocycles. The number of nitrogens with two attached hydrogens (primary N) is 2. The minimum Gasteiger partial charge on any atom is -0.358 e. The molecule has 0 aliphatic rings. The van der Waals surface area contributed by atoms with Crippen molar-refractivity contribution in [2.45, 2.75) is 12.1 Å². The van der Waals surface area contributed by atoms with Crippen molar-refractivity contribution >= 4 is 0 Å². The summed E-state index contributed by atoms with van der Waals surface area (Å²) in [6, 6.07) is -0.463. The average molecular weight is 175 g/mol. The summed E-state index contributed by atoms with van der Waals surface area (Å²) < 4.78 is 0. The number of rotatable bonds is 1. The van der Waals surface area contributed by atoms with Crippen molar-refractivity contribution in [3.8, 4) is 0 Å². The summed E-state index contributed by atoms with van der Waals surface area (Å²) in [5.74, 6) is 0. The van der Waals surface area contributed by atoms with E-state index in [1.54, 1.807) is 0 Å². The summed E-state index contributed by atoms with van der Waals surface area (Å²) in [7, 11) is 0. The first-order valence-electron chi connectivity index (χ1n) is 1.82. The van der Waals surface area contributed by atoms with Gasteiger partial charge in [-0.15, -0.1) is 12.1 Å². The predicted octanol–water partition coefficient (Wildman–Crippen LogP) is -0.693. The molecule has 3 heteroatoms. The van der Waals surface area contributed by atoms with Crippen molar-refractivity contribution < 1.29 is 32.7 Å². The molecule has 0 aromatic heterocycles. The Balaban J connectivity index is 0. The van der Waals surface area contributed by atoms with Crippen molar-refractivity contribution in [1.82, 2.24) is 0 Å². The average Bonchev–Trinajstić information content (AvgIpc) is 1.36. The molecule has 7 heavy (non-hydrogen) atoms. The number of hydrogen-bond acceptors (Lipinski definition) is 2. The van der Waals surface area contributed by atoms with Gasteiger partial charge in [0.15, 0.2) is 0 Å². The van der Waals surface area contributed by atoms with Crippen LogP contribution in [0, 0.1) is 13.8 Å². The summed E-state index contributed by atoms with van der Waals surface area (Å²) in [5, 5.41) is 0. The van der Waals surface area contributed by atoms with Gasteiger partial charge in [-0.25, -0.2) is 0 Å². The molecule has 0 amide bonds. The van der Waals surface area contributed by atoms with E-state index < -0.39 is 0 Å². The molecule has 0 rings (SSSR count). The van der Waals surface area contributed by atoms with Gasteiger partial charge in [-0.2, -0.15) is 0 Å². The molecule has 2 unspecified atom stereocenters. The smallest absolute Gasteiger partial charge is 0 e. The van der Waals surface area contributed by atoms with Crippen molar-refractivity contribution in [3.05, 3.63) is 13.8 Å². The molecule has 0 saturated carbocycles. The van der Waals surface area contributed by atoms with Crippen LogP contribution in [0.5, 0.6) is 0 Å². The number of hydrogen-bond donors (Lipinski definition) is 2. The van der Waals surface area contributed by atoms with Gasteiger partial charge in [0.1, 0.15) is 0 Å². The fraction of sp³-hybridized carbons (Fsp3) is 0.500. The molecular weight excluding hydrogens is 165 g/mol. The molecule has 0 spiro atoms. The minimum absolute atomic E-state index is 0. The summed E-state index contributed by atoms with van der Waals surface area (Å²) in [6.45, 7) is 6.86. The van der Waals surface area contributed by atoms with Gasteiger partial charge in [0.05, 0.1) is 0 Å². The second-order valence-corrected chi connectivity index (χ2v) is 1.33. The standard InChI is InChI=1S/C4H10N2.Y/c1-3(5)4(2)6;/h3-4H,1-2,5-6H2;/q-2;. The Labute approximate surface area is 69.9 Å². The predicted molar refractivity (Wildman–Crippen MR) is 26.7 cm³/mol. The molecule has 4 N–H and O–H groups in total. The summed E-state index contributed by atoms with van der Waals surface area (Å²) in [5.41, 5.74) is 10.3. The van der Waals surface area contributed by atoms with E-state index in [0.717, 1.165) is 0 Å². The molecule has 0 aromatic carbocycles. The molecular formula is C4H10N2Y-2. The van der Waals surface area contributed by atoms with E-state index in [2.05, 4.69) is 13.8 Å². The van der Waals surface area contributed by atoms with E-state index in [1.807, 2.05) is 0 Å². The van der Waals surface area contributed by atoms with Crippen LogP contribution in [0.4, 0.5) is 0 Å². The second-order valence-electron chi connectivity index (χ2n) is 1.33. The Morgan fingerprint density at radius 1 is 1.00 bits per heavy atom. The minimum atomic E-state index is -0.231. The third-order valence-corrected chi connectivity index (χ3v) is 0.550. The third-order valence-electron chi connectivity index (χ3n) is 0.550. The molecule has 0 heterocycles. The fourth-order valence-electron chi connectivity index (χ4n) is 0. The first kappa shape index (κ1) is 10.9. The van der Waals surface area contributed by atoms with E-state index in [4.69, 9.17) is 11.5 Å². The van der Waals surface area contributed by atoms with Crippen molar-refractivity contribution in [3.63, 3.8) is 0 Å². The van der Waals surface area contributed by atoms with Crippen LogP contribution in [0.25, 0.3) is 0 Å². The zero-order valence-electron chi connectivity index (χ0n) is 4.30. The summed E-state index contributed by atoms with van der Waals surface area (Å²) in [4.78, 5) is 0. The molecule has 2 nitrogen and oxygen atoms in total. The van der Waals surface area contributed by atoms with E-state index >= 15 is 0 Å². The molecule has 0 saturated heterocycles. The maximum atomic E-state index is 5.14. The topological polar surface area (TPSA) is 52.0 Å². The Morgan fingerprint density at radius 2 is 1.14 bits per heavy atom. The van der Waals surface area contributed by atoms with Gasteiger partial charge in [-0.3, -0.25) is 0 Å². The van der Waals surface area contributed by atoms with Crippen molar-refractivity contribution in [1.29, 1.82) is 0 Å². The molecule has 0 fully saturated rings. The monoisotopic (exact) mass is 175 g/mol. The van der Waals surface area contributed by atoms with Crippen LogP contribution in [-0.2, 0) is 32.7 Å². The first-order valence-corrected chi connectivity index (χ1v) is 1.82. The van der Waals surface area contributed by atoms with Crippen molar-refractivity contribution in [2.75, 3.05) is 0 Å². The van der Waals surface area contributed by atoms with Crippen LogP contribution >= 0.6 is 0 Å². The van der Waals surface area contributed by atoms with Crippen LogP contribution in [-0.4, -0.2) is 12.1 Å². The van der Waals surface area contributed by atoms with Gasteiger partial charge in [-0.05, 0) is 0 Å². The quantitative estimate of drug-likeness (QED) is 0.518. The molecule has 0 aromatic rings. The van der Waals surface area contributed by atoms with Crippen LogP contribution in [0.3, 0.4) is 0 Å². The van der Waals surface area contributed by atoms with E-state index in [9.17, 15) is 0 Å². The molecule has 2 atom stereocenters. The molecule has 1 radical (unpaired) electrons. The van der Waals surface area contributed by atoms with Crippen LogP contribution in [0.15, 0.2) is 0 Å². The summed E-state index contributed by atoms with van der Waals surface area (Å²) in [6.07, 6.45) is 0. The Morgan fingerprint density at radius 3 is 1.14 bits per heavy atom. The molecule has 0 aliphatic heterocycles. The Kier molecular flexibility index (Phi) is 8.05. The van der Waals surface area contributed by atoms with E-state index in [1.165, 1.54) is 0 Å². The third kappa shape index (κ3) is 7.02. The second kappa shape index (κ2) is 5.17. The largest absolute Gasteiger partial charge is 0.358 e. The maximum absolute atomic E-state index is 5.14. The SMILES string of the molecule is [CH2-]C(N)C([CH2-])N.[Y]. The van der Waals surface area contributed by atoms with E-state index in [0.29, 0.717) is 0 Å². The Bertz CT molecular complexity index is 30.7. The van der Waals surface area contributed by atoms with Crippen LogP contribution < -0.4 is 11.5 Å². The van der Waals surface area contributed by atoms with Gasteiger partial charge < -0.3 is 25.3 Å². The van der Waals surface area contributed by atoms with Gasteiger partial charge in [0.25, 0.3) is 0 Å². The van der Waals surface area contributed by atoms with E-state index in [-0.39, 0.29) is 44.8 Å². The van der Waals surface area contributed by atoms with Crippen LogP contribution in [0.1, 0.15) is 0 Å². The Hall–Kier alpha value is 1.02. The van der Waals surface area contributed by atoms with Gasteiger partial charge in [-0.1, -0.05) is 0 Å². The summed E-state index contributed by atoms with van der Waals surface area (Å²) >= 11 is 0. The van der Waals surface area contributed by atoms with Gasteiger partial charge in [0, 0.05) is 32.7 Å². The first-order chi connectivity index (χ1) is 2.64. The zero-order chi connectivity index (χ0) is 5.15. The zero-order valence-corrected chi connectivity index (χ0v) is 7.14. The fourth-order valence-corrected chi connectivity index (χ4v) is 0. The normalized spacial score (nSPS) is 17.1. The molecule has 0 bridgehead atoms. The molecule has 41 valence electrons. The van der Waals surface area contributed by atoms with Gasteiger partial charge >= 0.3 is 0 Å². The van der Waals surface area contributed by atoms with Crippen LogP contribution in [0.2, 0.25) is 0 Å². The van der Waals surface area contributed by atoms with Crippen molar-refractivity contribution in [2.24, 2.45) is 11.5 Å². The maximum Gasteiger partial charge on any atom is 0 e.